The molecule has 2 aromatic carbocycles. The monoisotopic (exact) mass is 354 g/mol. The lowest BCUT2D eigenvalue weighted by Gasteiger charge is -2.22. The predicted molar refractivity (Wildman–Crippen MR) is 96.0 cm³/mol. The predicted octanol–water partition coefficient (Wildman–Crippen LogP) is 3.64. The first kappa shape index (κ1) is 16.3. The highest BCUT2D eigenvalue weighted by Gasteiger charge is 2.42. The minimum atomic E-state index is -0.443. The number of aromatic hydroxyl groups is 3. The number of hydrogen-bond acceptors (Lipinski definition) is 6. The number of fused-ring (bicyclic) bond motifs is 2. The lowest BCUT2D eigenvalue weighted by molar-refractivity contribution is 0.185. The van der Waals surface area contributed by atoms with Gasteiger partial charge in [-0.25, -0.2) is 0 Å². The summed E-state index contributed by atoms with van der Waals surface area (Å²) in [5.41, 5.74) is 0.376. The van der Waals surface area contributed by atoms with Crippen LogP contribution in [0.4, 0.5) is 0 Å². The van der Waals surface area contributed by atoms with Gasteiger partial charge in [-0.3, -0.25) is 4.79 Å². The lowest BCUT2D eigenvalue weighted by Crippen LogP contribution is -2.29. The van der Waals surface area contributed by atoms with Crippen molar-refractivity contribution in [2.75, 3.05) is 0 Å². The molecule has 3 aromatic rings. The molecule has 0 spiro atoms. The summed E-state index contributed by atoms with van der Waals surface area (Å²) >= 11 is 0. The van der Waals surface area contributed by atoms with E-state index in [0.717, 1.165) is 0 Å². The van der Waals surface area contributed by atoms with Crippen LogP contribution in [-0.2, 0) is 5.41 Å². The van der Waals surface area contributed by atoms with Gasteiger partial charge in [0.1, 0.15) is 34.3 Å². The molecule has 134 valence electrons. The van der Waals surface area contributed by atoms with Gasteiger partial charge in [-0.2, -0.15) is 0 Å². The first-order valence-corrected chi connectivity index (χ1v) is 8.23. The highest BCUT2D eigenvalue weighted by molar-refractivity contribution is 5.89. The summed E-state index contributed by atoms with van der Waals surface area (Å²) in [6.45, 7) is 5.80. The summed E-state index contributed by atoms with van der Waals surface area (Å²) < 4.78 is 11.6. The van der Waals surface area contributed by atoms with Crippen molar-refractivity contribution in [1.82, 2.24) is 0 Å². The van der Waals surface area contributed by atoms with Crippen molar-refractivity contribution in [2.24, 2.45) is 0 Å². The van der Waals surface area contributed by atoms with Crippen LogP contribution in [0.1, 0.15) is 26.3 Å². The largest absolute Gasteiger partial charge is 0.507 e. The molecule has 0 fully saturated rings. The summed E-state index contributed by atoms with van der Waals surface area (Å²) in [5, 5.41) is 29.9. The number of ether oxygens (including phenoxy) is 1. The molecule has 6 heteroatoms. The maximum Gasteiger partial charge on any atom is 0.197 e. The van der Waals surface area contributed by atoms with Gasteiger partial charge in [0.25, 0.3) is 0 Å². The first-order valence-electron chi connectivity index (χ1n) is 8.23. The van der Waals surface area contributed by atoms with Crippen molar-refractivity contribution in [1.29, 1.82) is 0 Å². The minimum Gasteiger partial charge on any atom is -0.507 e. The standard InChI is InChI=1S/C20H18O6/c1-9-20(2,3)18-16(25-9)8-15-17(19(18)24)13(23)7-14(26-15)10-4-5-11(21)12(22)6-10/h4-9,21-22,24H,1-3H3/t9-/m0/s1. The smallest absolute Gasteiger partial charge is 0.197 e. The average molecular weight is 354 g/mol. The molecule has 2 heterocycles. The molecular weight excluding hydrogens is 336 g/mol. The minimum absolute atomic E-state index is 0.0984. The van der Waals surface area contributed by atoms with Gasteiger partial charge in [-0.15, -0.1) is 0 Å². The lowest BCUT2D eigenvalue weighted by atomic mass is 9.80. The molecule has 0 amide bonds. The second-order valence-corrected chi connectivity index (χ2v) is 7.13. The fourth-order valence-electron chi connectivity index (χ4n) is 3.36. The molecule has 0 bridgehead atoms. The van der Waals surface area contributed by atoms with Crippen molar-refractivity contribution in [3.8, 4) is 34.3 Å². The molecule has 1 aromatic heterocycles. The Hall–Kier alpha value is -3.15. The summed E-state index contributed by atoms with van der Waals surface area (Å²) in [6, 6.07) is 7.00. The van der Waals surface area contributed by atoms with Crippen LogP contribution in [0.3, 0.4) is 0 Å². The zero-order chi connectivity index (χ0) is 18.8. The maximum absolute atomic E-state index is 12.7. The van der Waals surface area contributed by atoms with E-state index in [2.05, 4.69) is 0 Å². The van der Waals surface area contributed by atoms with Gasteiger partial charge in [-0.1, -0.05) is 13.8 Å². The van der Waals surface area contributed by atoms with Crippen molar-refractivity contribution in [3.05, 3.63) is 46.1 Å². The molecule has 0 radical (unpaired) electrons. The van der Waals surface area contributed by atoms with E-state index in [1.54, 1.807) is 6.07 Å². The average Bonchev–Trinajstić information content (AvgIpc) is 2.78. The Kier molecular flexibility index (Phi) is 3.25. The van der Waals surface area contributed by atoms with E-state index in [1.807, 2.05) is 20.8 Å². The Morgan fingerprint density at radius 2 is 1.77 bits per heavy atom. The van der Waals surface area contributed by atoms with Gasteiger partial charge in [-0.05, 0) is 25.1 Å². The molecular formula is C20H18O6. The van der Waals surface area contributed by atoms with E-state index in [4.69, 9.17) is 9.15 Å². The number of benzene rings is 2. The van der Waals surface area contributed by atoms with Gasteiger partial charge in [0, 0.05) is 28.7 Å². The van der Waals surface area contributed by atoms with Crippen molar-refractivity contribution in [2.45, 2.75) is 32.3 Å². The van der Waals surface area contributed by atoms with Crippen molar-refractivity contribution >= 4 is 11.0 Å². The van der Waals surface area contributed by atoms with Crippen LogP contribution in [0.2, 0.25) is 0 Å². The highest BCUT2D eigenvalue weighted by Crippen LogP contribution is 2.50. The van der Waals surface area contributed by atoms with Gasteiger partial charge in [0.05, 0.1) is 0 Å². The van der Waals surface area contributed by atoms with Gasteiger partial charge < -0.3 is 24.5 Å². The third-order valence-electron chi connectivity index (χ3n) is 5.18. The van der Waals surface area contributed by atoms with Gasteiger partial charge in [0.15, 0.2) is 16.9 Å². The molecule has 0 saturated heterocycles. The molecule has 1 aliphatic rings. The fourth-order valence-corrected chi connectivity index (χ4v) is 3.36. The maximum atomic E-state index is 12.7. The number of phenols is 3. The van der Waals surface area contributed by atoms with Crippen LogP contribution in [-0.4, -0.2) is 21.4 Å². The number of phenolic OH excluding ortho intramolecular Hbond substituents is 3. The molecule has 0 saturated carbocycles. The van der Waals surface area contributed by atoms with E-state index in [0.29, 0.717) is 16.9 Å². The van der Waals surface area contributed by atoms with Crippen molar-refractivity contribution in [3.63, 3.8) is 0 Å². The molecule has 1 atom stereocenters. The Bertz CT molecular complexity index is 1110. The van der Waals surface area contributed by atoms with Gasteiger partial charge in [0.2, 0.25) is 0 Å². The quantitative estimate of drug-likeness (QED) is 0.577. The van der Waals surface area contributed by atoms with E-state index in [1.165, 1.54) is 24.3 Å². The van der Waals surface area contributed by atoms with Gasteiger partial charge >= 0.3 is 0 Å². The number of hydrogen-bond donors (Lipinski definition) is 3. The van der Waals surface area contributed by atoms with Crippen LogP contribution < -0.4 is 10.2 Å². The van der Waals surface area contributed by atoms with E-state index in [9.17, 15) is 20.1 Å². The Balaban J connectivity index is 1.99. The van der Waals surface area contributed by atoms with Crippen LogP contribution in [0.15, 0.2) is 39.5 Å². The Labute approximate surface area is 148 Å². The summed E-state index contributed by atoms with van der Waals surface area (Å²) in [4.78, 5) is 12.7. The van der Waals surface area contributed by atoms with E-state index in [-0.39, 0.29) is 40.1 Å². The molecule has 0 unspecified atom stereocenters. The summed E-state index contributed by atoms with van der Waals surface area (Å²) in [7, 11) is 0. The second kappa shape index (κ2) is 5.17. The SMILES string of the molecule is C[C@@H]1Oc2cc3oc(-c4ccc(O)c(O)c4)cc(=O)c3c(O)c2C1(C)C. The van der Waals surface area contributed by atoms with E-state index >= 15 is 0 Å². The molecule has 3 N–H and O–H groups in total. The zero-order valence-corrected chi connectivity index (χ0v) is 14.5. The normalized spacial score (nSPS) is 17.9. The number of rotatable bonds is 1. The zero-order valence-electron chi connectivity index (χ0n) is 14.5. The Morgan fingerprint density at radius 1 is 1.04 bits per heavy atom. The molecule has 4 rings (SSSR count). The van der Waals surface area contributed by atoms with Crippen molar-refractivity contribution < 1.29 is 24.5 Å². The third kappa shape index (κ3) is 2.15. The third-order valence-corrected chi connectivity index (χ3v) is 5.18. The summed E-state index contributed by atoms with van der Waals surface area (Å²) in [6.07, 6.45) is -0.163. The molecule has 1 aliphatic heterocycles. The van der Waals surface area contributed by atoms with Crippen LogP contribution in [0.25, 0.3) is 22.3 Å². The van der Waals surface area contributed by atoms with Crippen LogP contribution >= 0.6 is 0 Å². The Morgan fingerprint density at radius 3 is 2.46 bits per heavy atom. The molecule has 0 aliphatic carbocycles. The highest BCUT2D eigenvalue weighted by atomic mass is 16.5. The van der Waals surface area contributed by atoms with Crippen LogP contribution in [0.5, 0.6) is 23.0 Å². The van der Waals surface area contributed by atoms with Crippen LogP contribution in [0, 0.1) is 0 Å². The second-order valence-electron chi connectivity index (χ2n) is 7.13. The van der Waals surface area contributed by atoms with E-state index < -0.39 is 10.8 Å². The summed E-state index contributed by atoms with van der Waals surface area (Å²) in [5.74, 6) is -0.0116. The molecule has 6 nitrogen and oxygen atoms in total. The first-order chi connectivity index (χ1) is 12.2. The molecule has 26 heavy (non-hydrogen) atoms. The topological polar surface area (TPSA) is 100 Å². The fraction of sp³-hybridized carbons (Fsp3) is 0.250.